The lowest BCUT2D eigenvalue weighted by Crippen LogP contribution is -2.43. The predicted octanol–water partition coefficient (Wildman–Crippen LogP) is 2.56. The van der Waals surface area contributed by atoms with Crippen molar-refractivity contribution in [2.75, 3.05) is 31.1 Å². The summed E-state index contributed by atoms with van der Waals surface area (Å²) < 4.78 is 36.9. The first-order valence-electron chi connectivity index (χ1n) is 8.87. The summed E-state index contributed by atoms with van der Waals surface area (Å²) in [4.78, 5) is 27.2. The maximum atomic E-state index is 12.3. The van der Waals surface area contributed by atoms with E-state index >= 15 is 0 Å². The Morgan fingerprint density at radius 2 is 1.86 bits per heavy atom. The van der Waals surface area contributed by atoms with Crippen molar-refractivity contribution in [2.45, 2.75) is 19.5 Å². The molecule has 1 saturated heterocycles. The molecule has 0 amide bonds. The highest BCUT2D eigenvalue weighted by Gasteiger charge is 2.34. The predicted molar refractivity (Wildman–Crippen MR) is 99.5 cm³/mol. The second kappa shape index (κ2) is 9.08. The second-order valence-corrected chi connectivity index (χ2v) is 6.90. The molecule has 158 valence electrons. The van der Waals surface area contributed by atoms with E-state index in [9.17, 15) is 22.8 Å². The number of carboxylic acid groups (broad SMARTS) is 2. The zero-order valence-electron chi connectivity index (χ0n) is 15.7. The van der Waals surface area contributed by atoms with Gasteiger partial charge in [-0.2, -0.15) is 13.2 Å². The van der Waals surface area contributed by atoms with Crippen molar-refractivity contribution < 1.29 is 33.0 Å². The molecule has 10 heteroatoms. The van der Waals surface area contributed by atoms with E-state index in [0.29, 0.717) is 5.82 Å². The number of carbonyl (C=O) groups is 2. The third kappa shape index (κ3) is 6.05. The van der Waals surface area contributed by atoms with Crippen LogP contribution in [0.1, 0.15) is 18.9 Å². The molecule has 1 aromatic rings. The van der Waals surface area contributed by atoms with E-state index in [4.69, 9.17) is 10.2 Å². The SMILES string of the molecule is CC1(C(=O)O)C=CC=C(C(=O)O)C1.FC(F)(F)c1ccc(N2CCNCC2)nc1. The molecule has 1 fully saturated rings. The number of halogens is 3. The third-order valence-corrected chi connectivity index (χ3v) is 4.60. The van der Waals surface area contributed by atoms with Crippen LogP contribution in [-0.2, 0) is 15.8 Å². The molecular weight excluding hydrogens is 391 g/mol. The molecule has 7 nitrogen and oxygen atoms in total. The number of alkyl halides is 3. The Bertz CT molecular complexity index is 800. The molecule has 0 bridgehead atoms. The van der Waals surface area contributed by atoms with E-state index in [1.165, 1.54) is 31.2 Å². The largest absolute Gasteiger partial charge is 0.481 e. The van der Waals surface area contributed by atoms with E-state index in [1.54, 1.807) is 0 Å². The van der Waals surface area contributed by atoms with Crippen molar-refractivity contribution in [3.8, 4) is 0 Å². The number of aromatic nitrogens is 1. The first kappa shape index (κ1) is 22.4. The fourth-order valence-corrected chi connectivity index (χ4v) is 2.82. The molecular formula is C19H22F3N3O4. The van der Waals surface area contributed by atoms with Gasteiger partial charge < -0.3 is 20.4 Å². The summed E-state index contributed by atoms with van der Waals surface area (Å²) in [5.74, 6) is -1.46. The van der Waals surface area contributed by atoms with Crippen LogP contribution in [0.4, 0.5) is 19.0 Å². The highest BCUT2D eigenvalue weighted by atomic mass is 19.4. The van der Waals surface area contributed by atoms with Gasteiger partial charge in [-0.05, 0) is 25.5 Å². The minimum atomic E-state index is -4.31. The van der Waals surface area contributed by atoms with Gasteiger partial charge in [0.1, 0.15) is 5.82 Å². The van der Waals surface area contributed by atoms with Gasteiger partial charge in [-0.15, -0.1) is 0 Å². The zero-order chi connectivity index (χ0) is 21.7. The Labute approximate surface area is 165 Å². The molecule has 3 N–H and O–H groups in total. The van der Waals surface area contributed by atoms with E-state index < -0.39 is 29.1 Å². The molecule has 29 heavy (non-hydrogen) atoms. The number of hydrogen-bond donors (Lipinski definition) is 3. The van der Waals surface area contributed by atoms with Crippen LogP contribution in [0.5, 0.6) is 0 Å². The average molecular weight is 413 g/mol. The fraction of sp³-hybridized carbons (Fsp3) is 0.421. The van der Waals surface area contributed by atoms with Crippen LogP contribution in [0, 0.1) is 5.41 Å². The molecule has 0 saturated carbocycles. The van der Waals surface area contributed by atoms with Gasteiger partial charge in [-0.1, -0.05) is 18.2 Å². The first-order valence-corrected chi connectivity index (χ1v) is 8.87. The molecule has 3 rings (SSSR count). The molecule has 1 unspecified atom stereocenters. The van der Waals surface area contributed by atoms with Gasteiger partial charge in [-0.25, -0.2) is 9.78 Å². The van der Waals surface area contributed by atoms with Crippen molar-refractivity contribution >= 4 is 17.8 Å². The summed E-state index contributed by atoms with van der Waals surface area (Å²) in [6.45, 7) is 4.73. The number of anilines is 1. The minimum Gasteiger partial charge on any atom is -0.481 e. The Kier molecular flexibility index (Phi) is 7.02. The van der Waals surface area contributed by atoms with E-state index in [1.807, 2.05) is 4.90 Å². The van der Waals surface area contributed by atoms with Gasteiger partial charge in [0, 0.05) is 37.9 Å². The molecule has 1 atom stereocenters. The number of piperazine rings is 1. The van der Waals surface area contributed by atoms with Crippen LogP contribution in [-0.4, -0.2) is 53.3 Å². The summed E-state index contributed by atoms with van der Waals surface area (Å²) in [7, 11) is 0. The number of aliphatic carboxylic acids is 2. The number of allylic oxidation sites excluding steroid dienone is 2. The summed E-state index contributed by atoms with van der Waals surface area (Å²) in [6, 6.07) is 2.50. The van der Waals surface area contributed by atoms with Crippen LogP contribution in [0.2, 0.25) is 0 Å². The number of pyridine rings is 1. The van der Waals surface area contributed by atoms with Crippen LogP contribution >= 0.6 is 0 Å². The van der Waals surface area contributed by atoms with Crippen LogP contribution < -0.4 is 10.2 Å². The number of nitrogens with one attached hydrogen (secondary N) is 1. The van der Waals surface area contributed by atoms with Gasteiger partial charge in [0.2, 0.25) is 0 Å². The van der Waals surface area contributed by atoms with E-state index in [2.05, 4.69) is 10.3 Å². The third-order valence-electron chi connectivity index (χ3n) is 4.60. The lowest BCUT2D eigenvalue weighted by Gasteiger charge is -2.28. The smallest absolute Gasteiger partial charge is 0.417 e. The molecule has 2 aliphatic rings. The Hall–Kier alpha value is -2.88. The molecule has 2 heterocycles. The van der Waals surface area contributed by atoms with Gasteiger partial charge in [0.15, 0.2) is 0 Å². The Morgan fingerprint density at radius 3 is 2.34 bits per heavy atom. The quantitative estimate of drug-likeness (QED) is 0.700. The van der Waals surface area contributed by atoms with Crippen molar-refractivity contribution in [1.82, 2.24) is 10.3 Å². The maximum absolute atomic E-state index is 12.3. The number of carboxylic acids is 2. The summed E-state index contributed by atoms with van der Waals surface area (Å²) in [5.41, 5.74) is -1.65. The molecule has 1 aliphatic heterocycles. The average Bonchev–Trinajstić information content (AvgIpc) is 2.68. The molecule has 0 spiro atoms. The normalized spacial score (nSPS) is 21.7. The number of rotatable bonds is 3. The minimum absolute atomic E-state index is 0.0359. The van der Waals surface area contributed by atoms with Crippen molar-refractivity contribution in [3.05, 3.63) is 47.7 Å². The fourth-order valence-electron chi connectivity index (χ4n) is 2.82. The highest BCUT2D eigenvalue weighted by Crippen LogP contribution is 2.31. The van der Waals surface area contributed by atoms with Crippen LogP contribution in [0.25, 0.3) is 0 Å². The summed E-state index contributed by atoms with van der Waals surface area (Å²) in [6.07, 6.45) is 1.01. The van der Waals surface area contributed by atoms with Crippen molar-refractivity contribution in [1.29, 1.82) is 0 Å². The Morgan fingerprint density at radius 1 is 1.21 bits per heavy atom. The monoisotopic (exact) mass is 413 g/mol. The van der Waals surface area contributed by atoms with Gasteiger partial charge in [0.25, 0.3) is 0 Å². The topological polar surface area (TPSA) is 103 Å². The number of nitrogens with zero attached hydrogens (tertiary/aromatic N) is 2. The maximum Gasteiger partial charge on any atom is 0.417 e. The molecule has 0 radical (unpaired) electrons. The molecule has 1 aliphatic carbocycles. The van der Waals surface area contributed by atoms with Gasteiger partial charge in [-0.3, -0.25) is 4.79 Å². The number of hydrogen-bond acceptors (Lipinski definition) is 5. The molecule has 0 aromatic carbocycles. The summed E-state index contributed by atoms with van der Waals surface area (Å²) >= 11 is 0. The Balaban J connectivity index is 0.000000212. The van der Waals surface area contributed by atoms with Crippen molar-refractivity contribution in [3.63, 3.8) is 0 Å². The zero-order valence-corrected chi connectivity index (χ0v) is 15.7. The van der Waals surface area contributed by atoms with E-state index in [-0.39, 0.29) is 12.0 Å². The van der Waals surface area contributed by atoms with Crippen LogP contribution in [0.15, 0.2) is 42.1 Å². The highest BCUT2D eigenvalue weighted by molar-refractivity contribution is 5.90. The van der Waals surface area contributed by atoms with Gasteiger partial charge in [0.05, 0.1) is 11.0 Å². The lowest BCUT2D eigenvalue weighted by atomic mass is 9.80. The molecule has 1 aromatic heterocycles. The summed E-state index contributed by atoms with van der Waals surface area (Å²) in [5, 5.41) is 20.7. The van der Waals surface area contributed by atoms with E-state index in [0.717, 1.165) is 38.4 Å². The lowest BCUT2D eigenvalue weighted by molar-refractivity contribution is -0.145. The first-order chi connectivity index (χ1) is 13.5. The standard InChI is InChI=1S/C10H12F3N3.C9H10O4/c11-10(12,13)8-1-2-9(15-7-8)16-5-3-14-4-6-16;1-9(8(12)13)4-2-3-6(5-9)7(10)11/h1-2,7,14H,3-6H2;2-4H,5H2,1H3,(H,10,11)(H,12,13). The van der Waals surface area contributed by atoms with Gasteiger partial charge >= 0.3 is 18.1 Å². The van der Waals surface area contributed by atoms with Crippen LogP contribution in [0.3, 0.4) is 0 Å². The van der Waals surface area contributed by atoms with Crippen molar-refractivity contribution in [2.24, 2.45) is 5.41 Å². The second-order valence-electron chi connectivity index (χ2n) is 6.90.